The largest absolute Gasteiger partial charge is 3.00 e. The molecule has 0 bridgehead atoms. The van der Waals surface area contributed by atoms with Crippen LogP contribution in [0.3, 0.4) is 0 Å². The predicted octanol–water partition coefficient (Wildman–Crippen LogP) is -2.44. The van der Waals surface area contributed by atoms with Gasteiger partial charge in [-0.3, -0.25) is 0 Å². The molecule has 0 radical (unpaired) electrons. The molecule has 0 aromatic rings. The summed E-state index contributed by atoms with van der Waals surface area (Å²) < 4.78 is 0. The number of hydrogen-bond donors (Lipinski definition) is 0. The smallest absolute Gasteiger partial charge is 0.545 e. The molecule has 0 aliphatic rings. The molecule has 0 saturated carbocycles. The van der Waals surface area contributed by atoms with Crippen molar-refractivity contribution in [1.29, 1.82) is 0 Å². The second-order valence-electron chi connectivity index (χ2n) is 2.46. The van der Waals surface area contributed by atoms with E-state index in [0.29, 0.717) is 0 Å². The number of rotatable bonds is 3. The summed E-state index contributed by atoms with van der Waals surface area (Å²) in [5, 5.41) is 28.2. The van der Waals surface area contributed by atoms with Gasteiger partial charge in [0, 0.05) is 0 Å². The Kier molecular flexibility index (Phi) is 29.9. The Morgan fingerprint density at radius 1 is 0.632 bits per heavy atom. The van der Waals surface area contributed by atoms with Crippen molar-refractivity contribution in [3.05, 3.63) is 36.5 Å². The molecular weight excluding hydrogens is 355 g/mol. The van der Waals surface area contributed by atoms with Crippen molar-refractivity contribution in [1.82, 2.24) is 0 Å². The third-order valence-corrected chi connectivity index (χ3v) is 0.908. The van der Waals surface area contributed by atoms with E-state index < -0.39 is 17.9 Å². The van der Waals surface area contributed by atoms with Crippen LogP contribution in [-0.4, -0.2) is 43.8 Å². The normalized spacial score (nSPS) is 9.00. The van der Waals surface area contributed by atoms with Gasteiger partial charge in [0.1, 0.15) is 0 Å². The van der Waals surface area contributed by atoms with Gasteiger partial charge in [-0.15, -0.1) is 0 Å². The number of carbonyl (C=O) groups is 3. The summed E-state index contributed by atoms with van der Waals surface area (Å²) in [5.41, 5.74) is 0. The molecule has 0 N–H and O–H groups in total. The zero-order valence-corrected chi connectivity index (χ0v) is 14.3. The fraction of sp³-hybridized carbons (Fsp3) is 0.250. The predicted molar refractivity (Wildman–Crippen MR) is 65.2 cm³/mol. The first-order valence-electron chi connectivity index (χ1n) is 4.82. The fourth-order valence-electron chi connectivity index (χ4n) is 0.408. The van der Waals surface area contributed by atoms with E-state index >= 15 is 0 Å². The summed E-state index contributed by atoms with van der Waals surface area (Å²) in [6, 6.07) is 0. The summed E-state index contributed by atoms with van der Waals surface area (Å²) in [5.74, 6) is -3.42. The maximum atomic E-state index is 9.40. The Labute approximate surface area is 130 Å². The Morgan fingerprint density at radius 2 is 0.789 bits per heavy atom. The maximum absolute atomic E-state index is 9.40. The molecule has 0 fully saturated rings. The first-order valence-corrected chi connectivity index (χ1v) is 4.82. The molecule has 0 rings (SSSR count). The van der Waals surface area contributed by atoms with Crippen LogP contribution in [-0.2, 0) is 14.4 Å². The van der Waals surface area contributed by atoms with Gasteiger partial charge in [0.15, 0.2) is 0 Å². The number of carbonyl (C=O) groups excluding carboxylic acids is 3. The van der Waals surface area contributed by atoms with Crippen molar-refractivity contribution in [2.75, 3.05) is 0 Å². The molecule has 0 aliphatic heterocycles. The minimum atomic E-state index is -1.14. The van der Waals surface area contributed by atoms with Crippen LogP contribution < -0.4 is 15.3 Å². The topological polar surface area (TPSA) is 120 Å². The Morgan fingerprint density at radius 3 is 0.789 bits per heavy atom. The fourth-order valence-corrected chi connectivity index (χ4v) is 0.408. The quantitative estimate of drug-likeness (QED) is 0.509. The summed E-state index contributed by atoms with van der Waals surface area (Å²) in [7, 11) is 0. The molecule has 19 heavy (non-hydrogen) atoms. The van der Waals surface area contributed by atoms with Crippen LogP contribution in [0.1, 0.15) is 20.8 Å². The SMILES string of the molecule is C/C=C/C(=O)[O-].C/C=C/C(=O)[O-].C/C=C/C(=O)[O-].[In+3]. The molecule has 0 spiro atoms. The molecule has 6 nitrogen and oxygen atoms in total. The van der Waals surface area contributed by atoms with Crippen LogP contribution in [0.4, 0.5) is 0 Å². The van der Waals surface area contributed by atoms with Gasteiger partial charge >= 0.3 is 25.8 Å². The van der Waals surface area contributed by atoms with Crippen LogP contribution in [0.25, 0.3) is 0 Å². The van der Waals surface area contributed by atoms with Crippen molar-refractivity contribution in [2.24, 2.45) is 0 Å². The van der Waals surface area contributed by atoms with Crippen LogP contribution in [0.5, 0.6) is 0 Å². The van der Waals surface area contributed by atoms with E-state index in [1.54, 1.807) is 20.8 Å². The monoisotopic (exact) mass is 370 g/mol. The first kappa shape index (κ1) is 26.1. The van der Waals surface area contributed by atoms with Gasteiger partial charge in [-0.2, -0.15) is 0 Å². The van der Waals surface area contributed by atoms with E-state index in [1.807, 2.05) is 0 Å². The van der Waals surface area contributed by atoms with Gasteiger partial charge < -0.3 is 29.7 Å². The standard InChI is InChI=1S/3C4H6O2.In/c3*1-2-3-4(5)6;/h3*2-3H,1H3,(H,5,6);/q;;;+3/p-3/b3*3-2+;. The summed E-state index contributed by atoms with van der Waals surface area (Å²) in [4.78, 5) is 28.2. The van der Waals surface area contributed by atoms with Crippen molar-refractivity contribution < 1.29 is 29.7 Å². The molecule has 0 saturated heterocycles. The van der Waals surface area contributed by atoms with E-state index in [2.05, 4.69) is 0 Å². The summed E-state index contributed by atoms with van der Waals surface area (Å²) >= 11 is 0. The van der Waals surface area contributed by atoms with Crippen molar-refractivity contribution in [3.8, 4) is 0 Å². The van der Waals surface area contributed by atoms with Crippen molar-refractivity contribution >= 4 is 43.8 Å². The van der Waals surface area contributed by atoms with Crippen LogP contribution in [0.15, 0.2) is 36.5 Å². The average molecular weight is 370 g/mol. The van der Waals surface area contributed by atoms with Gasteiger partial charge in [-0.25, -0.2) is 0 Å². The molecule has 102 valence electrons. The Bertz CT molecular complexity index is 279. The summed E-state index contributed by atoms with van der Waals surface area (Å²) in [6.07, 6.45) is 7.15. The minimum absolute atomic E-state index is 0. The number of allylic oxidation sites excluding steroid dienone is 3. The number of aliphatic carboxylic acids is 3. The van der Waals surface area contributed by atoms with Crippen LogP contribution >= 0.6 is 0 Å². The molecule has 0 aromatic heterocycles. The van der Waals surface area contributed by atoms with E-state index in [4.69, 9.17) is 0 Å². The zero-order chi connectivity index (χ0) is 15.0. The molecule has 0 heterocycles. The second kappa shape index (κ2) is 21.8. The van der Waals surface area contributed by atoms with E-state index in [0.717, 1.165) is 18.2 Å². The molecule has 0 amide bonds. The van der Waals surface area contributed by atoms with E-state index in [9.17, 15) is 29.7 Å². The Hall–Kier alpha value is -1.50. The van der Waals surface area contributed by atoms with E-state index in [-0.39, 0.29) is 25.8 Å². The molecule has 0 unspecified atom stereocenters. The second-order valence-corrected chi connectivity index (χ2v) is 2.46. The van der Waals surface area contributed by atoms with Crippen molar-refractivity contribution in [2.45, 2.75) is 20.8 Å². The van der Waals surface area contributed by atoms with Gasteiger partial charge in [0.05, 0.1) is 17.9 Å². The average Bonchev–Trinajstić information content (AvgIpc) is 2.18. The van der Waals surface area contributed by atoms with E-state index in [1.165, 1.54) is 18.2 Å². The van der Waals surface area contributed by atoms with Gasteiger partial charge in [0.25, 0.3) is 0 Å². The van der Waals surface area contributed by atoms with Crippen LogP contribution in [0.2, 0.25) is 0 Å². The van der Waals surface area contributed by atoms with Crippen LogP contribution in [0, 0.1) is 0 Å². The molecule has 0 aliphatic carbocycles. The van der Waals surface area contributed by atoms with Gasteiger partial charge in [-0.1, -0.05) is 18.2 Å². The summed E-state index contributed by atoms with van der Waals surface area (Å²) in [6.45, 7) is 4.86. The van der Waals surface area contributed by atoms with Crippen molar-refractivity contribution in [3.63, 3.8) is 0 Å². The molecule has 0 aromatic carbocycles. The number of carboxylic acid groups (broad SMARTS) is 3. The molecule has 0 atom stereocenters. The number of carboxylic acids is 3. The first-order chi connectivity index (χ1) is 8.31. The molecule has 7 heteroatoms. The zero-order valence-electron chi connectivity index (χ0n) is 11.0. The van der Waals surface area contributed by atoms with Gasteiger partial charge in [0.2, 0.25) is 0 Å². The molecular formula is C12H15InO6. The third-order valence-electron chi connectivity index (χ3n) is 0.908. The van der Waals surface area contributed by atoms with Gasteiger partial charge in [-0.05, 0) is 39.0 Å². The third kappa shape index (κ3) is 61.7. The number of hydrogen-bond acceptors (Lipinski definition) is 6. The Balaban J connectivity index is -0.0000000865. The minimum Gasteiger partial charge on any atom is -0.545 e. The maximum Gasteiger partial charge on any atom is 3.00 e.